The molecule has 3 heteroatoms. The van der Waals surface area contributed by atoms with Crippen molar-refractivity contribution in [2.45, 2.75) is 118 Å². The van der Waals surface area contributed by atoms with Crippen molar-refractivity contribution < 1.29 is 9.53 Å². The second-order valence-electron chi connectivity index (χ2n) is 8.17. The van der Waals surface area contributed by atoms with E-state index in [4.69, 9.17) is 4.74 Å². The molecule has 0 aromatic heterocycles. The number of esters is 1. The van der Waals surface area contributed by atoms with Gasteiger partial charge >= 0.3 is 174 Å². The molecule has 0 aromatic carbocycles. The Kier molecular flexibility index (Phi) is 16.5. The van der Waals surface area contributed by atoms with Crippen LogP contribution in [0.2, 0.25) is 13.3 Å². The molecule has 0 rings (SSSR count). The van der Waals surface area contributed by atoms with Crippen molar-refractivity contribution in [2.75, 3.05) is 0 Å². The molecule has 0 bridgehead atoms. The SMILES string of the molecule is C=C(CCCC)[C@H](C/C=[CH]/[Sn]([CH2]CCC)([CH2]CCC)[CH2]CCC)OC(C)=O. The number of hydrogen-bond acceptors (Lipinski definition) is 2. The molecule has 0 aliphatic heterocycles. The van der Waals surface area contributed by atoms with Crippen LogP contribution in [0.4, 0.5) is 0 Å². The Morgan fingerprint density at radius 1 is 0.926 bits per heavy atom. The molecular formula is C24H46O2Sn. The summed E-state index contributed by atoms with van der Waals surface area (Å²) in [5.74, 6) is -0.191. The first-order chi connectivity index (χ1) is 12.9. The molecular weight excluding hydrogens is 439 g/mol. The van der Waals surface area contributed by atoms with Gasteiger partial charge in [-0.1, -0.05) is 0 Å². The molecule has 0 aliphatic carbocycles. The second kappa shape index (κ2) is 16.7. The molecule has 27 heavy (non-hydrogen) atoms. The van der Waals surface area contributed by atoms with Crippen LogP contribution in [0.25, 0.3) is 0 Å². The summed E-state index contributed by atoms with van der Waals surface area (Å²) in [7, 11) is 0. The fourth-order valence-corrected chi connectivity index (χ4v) is 18.2. The van der Waals surface area contributed by atoms with E-state index in [1.54, 1.807) is 0 Å². The zero-order valence-electron chi connectivity index (χ0n) is 18.9. The van der Waals surface area contributed by atoms with Crippen LogP contribution in [0.15, 0.2) is 22.3 Å². The Balaban J connectivity index is 5.20. The summed E-state index contributed by atoms with van der Waals surface area (Å²) in [5, 5.41) is 0. The standard InChI is InChI=1S/C12H19O2.3C4H9.Sn/c1-5-7-9-10(3)12(8-6-2)14-11(4)13;3*1-3-4-2;/h2,6,12H,3,5,7-9H2,1,4H3;3*1,3-4H2,2H3;/t12-;;;;/m0..../s1. The minimum atomic E-state index is -2.24. The van der Waals surface area contributed by atoms with E-state index in [0.717, 1.165) is 31.3 Å². The molecule has 0 heterocycles. The fourth-order valence-electron chi connectivity index (χ4n) is 3.72. The van der Waals surface area contributed by atoms with Crippen LogP contribution in [0, 0.1) is 0 Å². The van der Waals surface area contributed by atoms with Crippen LogP contribution >= 0.6 is 0 Å². The van der Waals surface area contributed by atoms with Crippen molar-refractivity contribution in [3.05, 3.63) is 22.3 Å². The van der Waals surface area contributed by atoms with Crippen LogP contribution in [0.5, 0.6) is 0 Å². The van der Waals surface area contributed by atoms with Gasteiger partial charge in [-0.05, 0) is 0 Å². The van der Waals surface area contributed by atoms with E-state index in [1.807, 2.05) is 0 Å². The van der Waals surface area contributed by atoms with E-state index in [2.05, 4.69) is 44.4 Å². The van der Waals surface area contributed by atoms with Gasteiger partial charge in [-0.2, -0.15) is 0 Å². The van der Waals surface area contributed by atoms with Gasteiger partial charge in [0.25, 0.3) is 0 Å². The van der Waals surface area contributed by atoms with Crippen molar-refractivity contribution >= 4 is 24.3 Å². The van der Waals surface area contributed by atoms with Crippen molar-refractivity contribution in [2.24, 2.45) is 0 Å². The molecule has 0 N–H and O–H groups in total. The topological polar surface area (TPSA) is 26.3 Å². The average molecular weight is 485 g/mol. The summed E-state index contributed by atoms with van der Waals surface area (Å²) < 4.78 is 12.7. The third kappa shape index (κ3) is 12.8. The normalized spacial score (nSPS) is 13.1. The predicted octanol–water partition coefficient (Wildman–Crippen LogP) is 8.00. The van der Waals surface area contributed by atoms with Crippen LogP contribution < -0.4 is 0 Å². The Bertz CT molecular complexity index is 406. The summed E-state index contributed by atoms with van der Waals surface area (Å²) in [6, 6.07) is 0. The monoisotopic (exact) mass is 486 g/mol. The summed E-state index contributed by atoms with van der Waals surface area (Å²) in [6.07, 6.45) is 14.3. The molecule has 1 atom stereocenters. The molecule has 0 amide bonds. The van der Waals surface area contributed by atoms with E-state index in [-0.39, 0.29) is 12.1 Å². The van der Waals surface area contributed by atoms with E-state index in [0.29, 0.717) is 0 Å². The number of ether oxygens (including phenoxy) is 1. The third-order valence-electron chi connectivity index (χ3n) is 5.52. The average Bonchev–Trinajstić information content (AvgIpc) is 2.65. The predicted molar refractivity (Wildman–Crippen MR) is 123 cm³/mol. The van der Waals surface area contributed by atoms with Gasteiger partial charge < -0.3 is 0 Å². The summed E-state index contributed by atoms with van der Waals surface area (Å²) in [4.78, 5) is 11.5. The number of hydrogen-bond donors (Lipinski definition) is 0. The Labute approximate surface area is 174 Å². The molecule has 0 fully saturated rings. The molecule has 158 valence electrons. The van der Waals surface area contributed by atoms with E-state index in [1.165, 1.54) is 58.8 Å². The fraction of sp³-hybridized carbons (Fsp3) is 0.792. The van der Waals surface area contributed by atoms with Gasteiger partial charge in [0.2, 0.25) is 0 Å². The Hall–Kier alpha value is -0.251. The van der Waals surface area contributed by atoms with Gasteiger partial charge in [0.1, 0.15) is 0 Å². The van der Waals surface area contributed by atoms with Crippen LogP contribution in [0.1, 0.15) is 98.8 Å². The number of carbonyl (C=O) groups excluding carboxylic acids is 1. The Morgan fingerprint density at radius 2 is 1.41 bits per heavy atom. The van der Waals surface area contributed by atoms with Gasteiger partial charge in [-0.15, -0.1) is 0 Å². The summed E-state index contributed by atoms with van der Waals surface area (Å²) in [5.41, 5.74) is 1.08. The molecule has 0 saturated heterocycles. The van der Waals surface area contributed by atoms with Gasteiger partial charge in [0.15, 0.2) is 0 Å². The molecule has 0 aliphatic rings. The zero-order valence-corrected chi connectivity index (χ0v) is 21.8. The molecule has 0 spiro atoms. The number of unbranched alkanes of at least 4 members (excludes halogenated alkanes) is 4. The molecule has 0 unspecified atom stereocenters. The van der Waals surface area contributed by atoms with Crippen molar-refractivity contribution in [3.63, 3.8) is 0 Å². The van der Waals surface area contributed by atoms with Crippen LogP contribution in [-0.4, -0.2) is 30.5 Å². The molecule has 0 saturated carbocycles. The van der Waals surface area contributed by atoms with Crippen molar-refractivity contribution in [3.8, 4) is 0 Å². The summed E-state index contributed by atoms with van der Waals surface area (Å²) >= 11 is -2.24. The maximum absolute atomic E-state index is 11.5. The third-order valence-corrected chi connectivity index (χ3v) is 19.8. The zero-order chi connectivity index (χ0) is 20.5. The first-order valence-electron chi connectivity index (χ1n) is 11.5. The van der Waals surface area contributed by atoms with Crippen molar-refractivity contribution in [1.29, 1.82) is 0 Å². The number of rotatable bonds is 17. The molecule has 2 nitrogen and oxygen atoms in total. The number of carbonyl (C=O) groups is 1. The van der Waals surface area contributed by atoms with Crippen molar-refractivity contribution in [1.82, 2.24) is 0 Å². The first kappa shape index (κ1) is 26.7. The van der Waals surface area contributed by atoms with Crippen LogP contribution in [0.3, 0.4) is 0 Å². The second-order valence-corrected chi connectivity index (χ2v) is 21.2. The first-order valence-corrected chi connectivity index (χ1v) is 19.2. The van der Waals surface area contributed by atoms with E-state index in [9.17, 15) is 4.79 Å². The van der Waals surface area contributed by atoms with Gasteiger partial charge in [0, 0.05) is 0 Å². The maximum atomic E-state index is 11.5. The van der Waals surface area contributed by atoms with Gasteiger partial charge in [0.05, 0.1) is 0 Å². The van der Waals surface area contributed by atoms with Crippen LogP contribution in [-0.2, 0) is 9.53 Å². The minimum absolute atomic E-state index is 0.141. The van der Waals surface area contributed by atoms with E-state index >= 15 is 0 Å². The van der Waals surface area contributed by atoms with Gasteiger partial charge in [-0.3, -0.25) is 0 Å². The van der Waals surface area contributed by atoms with E-state index < -0.39 is 18.4 Å². The summed E-state index contributed by atoms with van der Waals surface area (Å²) in [6.45, 7) is 14.9. The quantitative estimate of drug-likeness (QED) is 0.119. The Morgan fingerprint density at radius 3 is 1.81 bits per heavy atom. The van der Waals surface area contributed by atoms with Gasteiger partial charge in [-0.25, -0.2) is 0 Å². The molecule has 0 radical (unpaired) electrons. The molecule has 0 aromatic rings.